The lowest BCUT2D eigenvalue weighted by Crippen LogP contribution is -2.19. The molecule has 0 bridgehead atoms. The zero-order valence-corrected chi connectivity index (χ0v) is 19.9. The van der Waals surface area contributed by atoms with Gasteiger partial charge in [-0.3, -0.25) is 9.20 Å². The molecule has 2 aromatic carbocycles. The number of ether oxygens (including phenoxy) is 2. The van der Waals surface area contributed by atoms with E-state index in [0.29, 0.717) is 46.0 Å². The summed E-state index contributed by atoms with van der Waals surface area (Å²) in [7, 11) is 1.57. The Balaban J connectivity index is 0.000000382. The maximum Gasteiger partial charge on any atom is 0.335 e. The molecule has 1 saturated heterocycles. The summed E-state index contributed by atoms with van der Waals surface area (Å²) in [6.45, 7) is 4.20. The second-order valence-electron chi connectivity index (χ2n) is 8.77. The average Bonchev–Trinajstić information content (AvgIpc) is 3.52. The van der Waals surface area contributed by atoms with Gasteiger partial charge in [-0.25, -0.2) is 9.78 Å². The molecule has 36 heavy (non-hydrogen) atoms. The van der Waals surface area contributed by atoms with E-state index in [-0.39, 0.29) is 11.1 Å². The summed E-state index contributed by atoms with van der Waals surface area (Å²) in [4.78, 5) is 29.3. The number of hydrogen-bond donors (Lipinski definition) is 1. The molecule has 1 aliphatic carbocycles. The zero-order valence-electron chi connectivity index (χ0n) is 19.9. The fourth-order valence-electron chi connectivity index (χ4n) is 4.58. The summed E-state index contributed by atoms with van der Waals surface area (Å²) in [6, 6.07) is 18.8. The summed E-state index contributed by atoms with van der Waals surface area (Å²) in [6.07, 6.45) is 7.16. The van der Waals surface area contributed by atoms with Crippen molar-refractivity contribution < 1.29 is 19.4 Å². The lowest BCUT2D eigenvalue weighted by Gasteiger charge is -2.15. The molecular formula is C29H26N2O5. The molecule has 1 saturated carbocycles. The minimum atomic E-state index is -1.03. The lowest BCUT2D eigenvalue weighted by molar-refractivity contribution is 0.0697. The second-order valence-corrected chi connectivity index (χ2v) is 8.77. The van der Waals surface area contributed by atoms with Crippen molar-refractivity contribution in [1.29, 1.82) is 0 Å². The molecule has 1 N–H and O–H groups in total. The van der Waals surface area contributed by atoms with E-state index in [1.165, 1.54) is 35.8 Å². The van der Waals surface area contributed by atoms with Gasteiger partial charge in [0.25, 0.3) is 5.56 Å². The average molecular weight is 483 g/mol. The number of hydrogen-bond acceptors (Lipinski definition) is 5. The first-order valence-electron chi connectivity index (χ1n) is 11.8. The van der Waals surface area contributed by atoms with Crippen molar-refractivity contribution in [3.63, 3.8) is 0 Å². The van der Waals surface area contributed by atoms with E-state index >= 15 is 0 Å². The van der Waals surface area contributed by atoms with Crippen LogP contribution in [0.25, 0.3) is 22.3 Å². The van der Waals surface area contributed by atoms with Crippen LogP contribution in [0.4, 0.5) is 0 Å². The Morgan fingerprint density at radius 1 is 1.06 bits per heavy atom. The van der Waals surface area contributed by atoms with E-state index in [9.17, 15) is 14.7 Å². The van der Waals surface area contributed by atoms with Gasteiger partial charge in [-0.15, -0.1) is 0 Å². The van der Waals surface area contributed by atoms with Crippen molar-refractivity contribution in [3.05, 3.63) is 107 Å². The van der Waals surface area contributed by atoms with Crippen LogP contribution in [0, 0.1) is 0 Å². The van der Waals surface area contributed by atoms with E-state index in [0.717, 1.165) is 5.56 Å². The maximum absolute atomic E-state index is 13.4. The van der Waals surface area contributed by atoms with Crippen molar-refractivity contribution in [1.82, 2.24) is 9.38 Å². The van der Waals surface area contributed by atoms with Gasteiger partial charge in [0.15, 0.2) is 0 Å². The largest absolute Gasteiger partial charge is 0.496 e. The topological polar surface area (TPSA) is 93.4 Å². The number of carboxylic acids is 1. The Morgan fingerprint density at radius 3 is 2.36 bits per heavy atom. The number of epoxide rings is 1. The monoisotopic (exact) mass is 482 g/mol. The summed E-state index contributed by atoms with van der Waals surface area (Å²) in [5.41, 5.74) is 2.92. The van der Waals surface area contributed by atoms with Crippen LogP contribution in [0.15, 0.2) is 84.3 Å². The van der Waals surface area contributed by atoms with Crippen molar-refractivity contribution >= 4 is 17.2 Å². The normalized spacial score (nSPS) is 17.6. The molecule has 7 nitrogen and oxygen atoms in total. The number of pyridine rings is 1. The van der Waals surface area contributed by atoms with Gasteiger partial charge in [0, 0.05) is 17.3 Å². The van der Waals surface area contributed by atoms with Crippen LogP contribution in [-0.2, 0) is 4.74 Å². The first kappa shape index (κ1) is 23.5. The Hall–Kier alpha value is -4.23. The van der Waals surface area contributed by atoms with Gasteiger partial charge in [-0.1, -0.05) is 43.0 Å². The molecule has 2 aromatic heterocycles. The number of para-hydroxylation sites is 1. The first-order valence-corrected chi connectivity index (χ1v) is 11.8. The third kappa shape index (κ3) is 4.53. The van der Waals surface area contributed by atoms with Crippen LogP contribution in [0.3, 0.4) is 0 Å². The molecule has 2 fully saturated rings. The van der Waals surface area contributed by atoms with Crippen molar-refractivity contribution in [2.24, 2.45) is 0 Å². The highest BCUT2D eigenvalue weighted by Crippen LogP contribution is 2.37. The lowest BCUT2D eigenvalue weighted by atomic mass is 9.95. The fourth-order valence-corrected chi connectivity index (χ4v) is 4.58. The molecule has 0 amide bonds. The highest BCUT2D eigenvalue weighted by molar-refractivity contribution is 5.90. The fraction of sp³-hybridized carbons (Fsp3) is 0.207. The molecule has 6 rings (SSSR count). The molecule has 182 valence electrons. The first-order chi connectivity index (χ1) is 17.5. The van der Waals surface area contributed by atoms with Gasteiger partial charge >= 0.3 is 5.97 Å². The zero-order chi connectivity index (χ0) is 25.2. The van der Waals surface area contributed by atoms with Gasteiger partial charge in [0.05, 0.1) is 36.1 Å². The van der Waals surface area contributed by atoms with Crippen LogP contribution in [0.2, 0.25) is 0 Å². The molecule has 2 atom stereocenters. The molecule has 2 unspecified atom stereocenters. The van der Waals surface area contributed by atoms with Crippen LogP contribution in [0.1, 0.15) is 40.9 Å². The van der Waals surface area contributed by atoms with Crippen LogP contribution < -0.4 is 10.3 Å². The van der Waals surface area contributed by atoms with Gasteiger partial charge in [0.1, 0.15) is 11.4 Å². The predicted molar refractivity (Wildman–Crippen MR) is 137 cm³/mol. The summed E-state index contributed by atoms with van der Waals surface area (Å²) in [5, 5.41) is 9.19. The second kappa shape index (κ2) is 9.79. The quantitative estimate of drug-likeness (QED) is 0.399. The van der Waals surface area contributed by atoms with Gasteiger partial charge in [0.2, 0.25) is 0 Å². The summed E-state index contributed by atoms with van der Waals surface area (Å²) >= 11 is 0. The van der Waals surface area contributed by atoms with E-state index in [1.54, 1.807) is 43.6 Å². The third-order valence-corrected chi connectivity index (χ3v) is 6.54. The minimum Gasteiger partial charge on any atom is -0.496 e. The SMILES string of the molecule is C1CC2OC2C1.C=C(c1ccccc1OC)c1nc2ccccn2c(=O)c1-c1ccc(C(=O)O)cc1. The number of aromatic carboxylic acids is 1. The molecule has 4 aromatic rings. The van der Waals surface area contributed by atoms with E-state index in [2.05, 4.69) is 6.58 Å². The molecule has 7 heteroatoms. The summed E-state index contributed by atoms with van der Waals surface area (Å²) < 4.78 is 12.1. The molecular weight excluding hydrogens is 456 g/mol. The van der Waals surface area contributed by atoms with Crippen LogP contribution >= 0.6 is 0 Å². The number of methoxy groups -OCH3 is 1. The molecule has 0 spiro atoms. The number of nitrogens with zero attached hydrogens (tertiary/aromatic N) is 2. The van der Waals surface area contributed by atoms with Crippen LogP contribution in [-0.4, -0.2) is 39.8 Å². The maximum atomic E-state index is 13.4. The number of rotatable bonds is 5. The molecule has 2 aliphatic rings. The Bertz CT molecular complexity index is 1500. The van der Waals surface area contributed by atoms with E-state index in [4.69, 9.17) is 14.5 Å². The highest BCUT2D eigenvalue weighted by Gasteiger charge is 2.42. The third-order valence-electron chi connectivity index (χ3n) is 6.54. The predicted octanol–water partition coefficient (Wildman–Crippen LogP) is 5.07. The smallest absolute Gasteiger partial charge is 0.335 e. The molecule has 0 radical (unpaired) electrons. The minimum absolute atomic E-state index is 0.137. The Labute approximate surface area is 208 Å². The highest BCUT2D eigenvalue weighted by atomic mass is 16.6. The van der Waals surface area contributed by atoms with Gasteiger partial charge in [-0.2, -0.15) is 0 Å². The summed E-state index contributed by atoms with van der Waals surface area (Å²) in [5.74, 6) is -0.418. The van der Waals surface area contributed by atoms with Gasteiger partial charge < -0.3 is 14.6 Å². The number of aromatic nitrogens is 2. The van der Waals surface area contributed by atoms with Crippen molar-refractivity contribution in [2.75, 3.05) is 7.11 Å². The Kier molecular flexibility index (Phi) is 6.40. The Morgan fingerprint density at radius 2 is 1.75 bits per heavy atom. The van der Waals surface area contributed by atoms with Crippen LogP contribution in [0.5, 0.6) is 5.75 Å². The van der Waals surface area contributed by atoms with E-state index in [1.807, 2.05) is 24.3 Å². The van der Waals surface area contributed by atoms with Gasteiger partial charge in [-0.05, 0) is 55.2 Å². The van der Waals surface area contributed by atoms with E-state index < -0.39 is 5.97 Å². The van der Waals surface area contributed by atoms with Crippen molar-refractivity contribution in [2.45, 2.75) is 31.5 Å². The number of benzene rings is 2. The molecule has 3 heterocycles. The number of carbonyl (C=O) groups is 1. The number of fused-ring (bicyclic) bond motifs is 2. The number of carboxylic acid groups (broad SMARTS) is 1. The van der Waals surface area contributed by atoms with Crippen molar-refractivity contribution in [3.8, 4) is 16.9 Å². The standard InChI is InChI=1S/C24H18N2O4.C5H8O/c1-15(18-7-3-4-8-19(18)30-2)22-21(16-10-12-17(13-11-16)24(28)29)23(27)26-14-6-5-9-20(26)25-22;1-2-4-5(3-1)6-4/h3-14H,1H2,2H3,(H,28,29);4-5H,1-3H2. The molecule has 1 aliphatic heterocycles.